The van der Waals surface area contributed by atoms with Gasteiger partial charge >= 0.3 is 0 Å². The highest BCUT2D eigenvalue weighted by molar-refractivity contribution is 8.13. The second-order valence-corrected chi connectivity index (χ2v) is 8.30. The minimum absolute atomic E-state index is 0.140. The molecule has 3 rings (SSSR count). The lowest BCUT2D eigenvalue weighted by atomic mass is 10.2. The zero-order valence-corrected chi connectivity index (χ0v) is 19.8. The van der Waals surface area contributed by atoms with E-state index in [1.165, 1.54) is 4.90 Å². The summed E-state index contributed by atoms with van der Waals surface area (Å²) in [5.41, 5.74) is 1.56. The van der Waals surface area contributed by atoms with Crippen LogP contribution in [0.2, 0.25) is 0 Å². The molecule has 176 valence electrons. The summed E-state index contributed by atoms with van der Waals surface area (Å²) in [5, 5.41) is 5.42. The minimum atomic E-state index is -0.326. The Labute approximate surface area is 202 Å². The predicted octanol–water partition coefficient (Wildman–Crippen LogP) is 4.74. The van der Waals surface area contributed by atoms with Crippen LogP contribution in [-0.4, -0.2) is 49.8 Å². The highest BCUT2D eigenvalue weighted by Gasteiger charge is 2.14. The number of rotatable bonds is 8. The van der Waals surface area contributed by atoms with Crippen molar-refractivity contribution >= 4 is 40.2 Å². The molecular formula is C25H25N3O5S. The molecule has 2 N–H and O–H groups in total. The van der Waals surface area contributed by atoms with E-state index in [-0.39, 0.29) is 23.7 Å². The Bertz CT molecular complexity index is 1170. The Hall–Kier alpha value is -3.98. The van der Waals surface area contributed by atoms with Crippen molar-refractivity contribution in [1.82, 2.24) is 4.90 Å². The number of amides is 3. The molecule has 9 heteroatoms. The van der Waals surface area contributed by atoms with Crippen molar-refractivity contribution in [2.24, 2.45) is 0 Å². The largest absolute Gasteiger partial charge is 0.497 e. The van der Waals surface area contributed by atoms with Crippen LogP contribution in [0.4, 0.5) is 16.2 Å². The number of ether oxygens (including phenoxy) is 2. The number of para-hydroxylation sites is 1. The third-order valence-corrected chi connectivity index (χ3v) is 5.65. The molecule has 3 aromatic carbocycles. The van der Waals surface area contributed by atoms with E-state index < -0.39 is 0 Å². The Morgan fingerprint density at radius 2 is 1.62 bits per heavy atom. The summed E-state index contributed by atoms with van der Waals surface area (Å²) < 4.78 is 10.6. The fourth-order valence-electron chi connectivity index (χ4n) is 2.79. The summed E-state index contributed by atoms with van der Waals surface area (Å²) in [6.07, 6.45) is 0. The van der Waals surface area contributed by atoms with E-state index in [0.717, 1.165) is 11.8 Å². The standard InChI is InChI=1S/C25H25N3O5S/c1-28(2)25(31)34-22-10-5-4-9-21(22)27-24(30)17-11-13-19(14-12-17)33-16-23(29)26-18-7-6-8-20(15-18)32-3/h4-15H,16H2,1-3H3,(H,26,29)(H,27,30). The smallest absolute Gasteiger partial charge is 0.286 e. The molecule has 0 spiro atoms. The number of carbonyl (C=O) groups is 3. The van der Waals surface area contributed by atoms with Crippen LogP contribution in [0.3, 0.4) is 0 Å². The number of methoxy groups -OCH3 is 1. The van der Waals surface area contributed by atoms with Crippen LogP contribution < -0.4 is 20.1 Å². The highest BCUT2D eigenvalue weighted by atomic mass is 32.2. The molecule has 0 radical (unpaired) electrons. The molecule has 0 saturated heterocycles. The molecule has 0 heterocycles. The van der Waals surface area contributed by atoms with Crippen molar-refractivity contribution in [3.63, 3.8) is 0 Å². The Morgan fingerprint density at radius 1 is 0.882 bits per heavy atom. The number of nitrogens with one attached hydrogen (secondary N) is 2. The number of nitrogens with zero attached hydrogens (tertiary/aromatic N) is 1. The van der Waals surface area contributed by atoms with E-state index in [9.17, 15) is 14.4 Å². The second kappa shape index (κ2) is 11.8. The van der Waals surface area contributed by atoms with E-state index >= 15 is 0 Å². The number of hydrogen-bond donors (Lipinski definition) is 2. The maximum absolute atomic E-state index is 12.7. The van der Waals surface area contributed by atoms with Gasteiger partial charge in [0.1, 0.15) is 11.5 Å². The summed E-state index contributed by atoms with van der Waals surface area (Å²) in [7, 11) is 4.89. The number of carbonyl (C=O) groups excluding carboxylic acids is 3. The lowest BCUT2D eigenvalue weighted by Gasteiger charge is -2.13. The fourth-order valence-corrected chi connectivity index (χ4v) is 3.53. The van der Waals surface area contributed by atoms with Crippen molar-refractivity contribution in [1.29, 1.82) is 0 Å². The van der Waals surface area contributed by atoms with Gasteiger partial charge < -0.3 is 25.0 Å². The van der Waals surface area contributed by atoms with Crippen LogP contribution in [0.25, 0.3) is 0 Å². The van der Waals surface area contributed by atoms with Gasteiger partial charge in [0.2, 0.25) is 0 Å². The average molecular weight is 480 g/mol. The molecule has 0 aliphatic carbocycles. The van der Waals surface area contributed by atoms with Gasteiger partial charge in [-0.25, -0.2) is 0 Å². The average Bonchev–Trinajstić information content (AvgIpc) is 2.84. The maximum Gasteiger partial charge on any atom is 0.286 e. The molecular weight excluding hydrogens is 454 g/mol. The van der Waals surface area contributed by atoms with Crippen molar-refractivity contribution < 1.29 is 23.9 Å². The van der Waals surface area contributed by atoms with Crippen LogP contribution in [0.1, 0.15) is 10.4 Å². The van der Waals surface area contributed by atoms with Gasteiger partial charge in [0.25, 0.3) is 17.1 Å². The number of anilines is 2. The van der Waals surface area contributed by atoms with Gasteiger partial charge in [-0.2, -0.15) is 0 Å². The SMILES string of the molecule is COc1cccc(NC(=O)COc2ccc(C(=O)Nc3ccccc3SC(=O)N(C)C)cc2)c1. The second-order valence-electron chi connectivity index (χ2n) is 7.31. The Morgan fingerprint density at radius 3 is 2.32 bits per heavy atom. The van der Waals surface area contributed by atoms with E-state index in [0.29, 0.717) is 33.3 Å². The molecule has 0 bridgehead atoms. The molecule has 0 unspecified atom stereocenters. The van der Waals surface area contributed by atoms with Crippen molar-refractivity contribution in [3.05, 3.63) is 78.4 Å². The molecule has 34 heavy (non-hydrogen) atoms. The molecule has 0 fully saturated rings. The summed E-state index contributed by atoms with van der Waals surface area (Å²) in [4.78, 5) is 39.0. The number of thioether (sulfide) groups is 1. The molecule has 0 aromatic heterocycles. The lowest BCUT2D eigenvalue weighted by Crippen LogP contribution is -2.20. The van der Waals surface area contributed by atoms with Crippen LogP contribution in [0.5, 0.6) is 11.5 Å². The first-order chi connectivity index (χ1) is 16.4. The molecule has 0 saturated carbocycles. The first kappa shape index (κ1) is 24.7. The summed E-state index contributed by atoms with van der Waals surface area (Å²) in [6.45, 7) is -0.187. The topological polar surface area (TPSA) is 97.0 Å². The van der Waals surface area contributed by atoms with Crippen LogP contribution in [0, 0.1) is 0 Å². The van der Waals surface area contributed by atoms with Crippen molar-refractivity contribution in [3.8, 4) is 11.5 Å². The predicted molar refractivity (Wildman–Crippen MR) is 133 cm³/mol. The van der Waals surface area contributed by atoms with Crippen LogP contribution in [-0.2, 0) is 4.79 Å². The molecule has 3 amide bonds. The Balaban J connectivity index is 1.56. The number of benzene rings is 3. The van der Waals surface area contributed by atoms with Gasteiger partial charge in [-0.05, 0) is 60.3 Å². The monoisotopic (exact) mass is 479 g/mol. The summed E-state index contributed by atoms with van der Waals surface area (Å²) in [6, 6.07) is 20.5. The van der Waals surface area contributed by atoms with Gasteiger partial charge in [-0.3, -0.25) is 14.4 Å². The van der Waals surface area contributed by atoms with Crippen LogP contribution >= 0.6 is 11.8 Å². The Kier molecular flexibility index (Phi) is 8.53. The summed E-state index contributed by atoms with van der Waals surface area (Å²) >= 11 is 1.04. The first-order valence-electron chi connectivity index (χ1n) is 10.3. The number of hydrogen-bond acceptors (Lipinski definition) is 6. The van der Waals surface area contributed by atoms with E-state index in [4.69, 9.17) is 9.47 Å². The van der Waals surface area contributed by atoms with Gasteiger partial charge in [0.05, 0.1) is 12.8 Å². The lowest BCUT2D eigenvalue weighted by molar-refractivity contribution is -0.118. The highest BCUT2D eigenvalue weighted by Crippen LogP contribution is 2.29. The quantitative estimate of drug-likeness (QED) is 0.453. The first-order valence-corrected chi connectivity index (χ1v) is 11.1. The minimum Gasteiger partial charge on any atom is -0.497 e. The van der Waals surface area contributed by atoms with Crippen molar-refractivity contribution in [2.45, 2.75) is 4.90 Å². The fraction of sp³-hybridized carbons (Fsp3) is 0.160. The van der Waals surface area contributed by atoms with E-state index in [1.807, 2.05) is 0 Å². The van der Waals surface area contributed by atoms with Crippen LogP contribution in [0.15, 0.2) is 77.7 Å². The zero-order valence-electron chi connectivity index (χ0n) is 19.0. The van der Waals surface area contributed by atoms with Gasteiger partial charge in [0, 0.05) is 36.3 Å². The molecule has 3 aromatic rings. The normalized spacial score (nSPS) is 10.2. The molecule has 0 aliphatic heterocycles. The third kappa shape index (κ3) is 7.01. The molecule has 0 aliphatic rings. The molecule has 0 atom stereocenters. The third-order valence-electron chi connectivity index (χ3n) is 4.54. The summed E-state index contributed by atoms with van der Waals surface area (Å²) in [5.74, 6) is 0.437. The molecule has 8 nitrogen and oxygen atoms in total. The van der Waals surface area contributed by atoms with E-state index in [2.05, 4.69) is 10.6 Å². The van der Waals surface area contributed by atoms with Gasteiger partial charge in [-0.15, -0.1) is 0 Å². The van der Waals surface area contributed by atoms with Gasteiger partial charge in [0.15, 0.2) is 6.61 Å². The van der Waals surface area contributed by atoms with Crippen molar-refractivity contribution in [2.75, 3.05) is 38.4 Å². The maximum atomic E-state index is 12.7. The zero-order chi connectivity index (χ0) is 24.5. The van der Waals surface area contributed by atoms with Gasteiger partial charge in [-0.1, -0.05) is 18.2 Å². The van der Waals surface area contributed by atoms with E-state index in [1.54, 1.807) is 94.0 Å².